The number of fused-ring (bicyclic) bond motifs is 1. The molecule has 472 valence electrons. The standard InChI is InChI=1S/C57H80F7N5O14S/c1-68(2)40-42-7-9-43(10-8-42)41-69(15-13-57(62,63)64)56(72)44-36-49-48(67-50(65)37-44)38-45(84-49)6-4-3-5-14-66-51(70)11-16-73-18-20-75-22-24-77-26-28-79-30-32-81-34-35-82-33-31-80-29-27-78-25-23-76-21-19-74-17-12-52(71)83-55-53(60)46(58)39-47(59)54(55)61/h7-10,36,38-39H,3-6,11-35,37,40-41H2,1-2H3,(H2,65,67)(H,66,70). The average molecular weight is 1220 g/mol. The van der Waals surface area contributed by atoms with Gasteiger partial charge in [-0.2, -0.15) is 22.0 Å². The van der Waals surface area contributed by atoms with Gasteiger partial charge in [-0.1, -0.05) is 30.7 Å². The number of esters is 1. The zero-order chi connectivity index (χ0) is 60.8. The number of hydrogen-bond acceptors (Lipinski definition) is 18. The lowest BCUT2D eigenvalue weighted by Gasteiger charge is -2.25. The van der Waals surface area contributed by atoms with Crippen LogP contribution in [-0.4, -0.2) is 199 Å². The van der Waals surface area contributed by atoms with E-state index in [0.29, 0.717) is 123 Å². The Morgan fingerprint density at radius 1 is 0.619 bits per heavy atom. The molecule has 4 rings (SSSR count). The summed E-state index contributed by atoms with van der Waals surface area (Å²) >= 11 is 1.48. The summed E-state index contributed by atoms with van der Waals surface area (Å²) in [6.45, 7) is 7.22. The van der Waals surface area contributed by atoms with Gasteiger partial charge in [-0.3, -0.25) is 14.4 Å². The van der Waals surface area contributed by atoms with Gasteiger partial charge >= 0.3 is 12.1 Å². The Morgan fingerprint density at radius 2 is 1.07 bits per heavy atom. The summed E-state index contributed by atoms with van der Waals surface area (Å²) < 4.78 is 152. The molecule has 1 aliphatic rings. The number of rotatable bonds is 47. The molecule has 0 fully saturated rings. The van der Waals surface area contributed by atoms with E-state index in [1.165, 1.54) is 16.2 Å². The molecule has 2 amide bonds. The first-order valence-electron chi connectivity index (χ1n) is 27.8. The molecule has 0 aliphatic carbocycles. The maximum Gasteiger partial charge on any atom is 0.390 e. The summed E-state index contributed by atoms with van der Waals surface area (Å²) in [5.41, 5.74) is 8.94. The Bertz CT molecular complexity index is 2410. The quantitative estimate of drug-likeness (QED) is 0.0184. The van der Waals surface area contributed by atoms with Crippen molar-refractivity contribution in [1.29, 1.82) is 0 Å². The Hall–Kier alpha value is -5.17. The normalized spacial score (nSPS) is 12.5. The molecular weight excluding hydrogens is 1140 g/mol. The number of carbonyl (C=O) groups is 3. The third-order valence-corrected chi connectivity index (χ3v) is 13.0. The van der Waals surface area contributed by atoms with Gasteiger partial charge in [0.1, 0.15) is 5.84 Å². The molecule has 2 heterocycles. The van der Waals surface area contributed by atoms with Gasteiger partial charge in [0.25, 0.3) is 5.91 Å². The molecule has 0 saturated carbocycles. The van der Waals surface area contributed by atoms with Gasteiger partial charge in [-0.25, -0.2) is 13.8 Å². The van der Waals surface area contributed by atoms with Gasteiger partial charge < -0.3 is 73.0 Å². The Morgan fingerprint density at radius 3 is 1.54 bits per heavy atom. The minimum Gasteiger partial charge on any atom is -0.420 e. The number of nitrogens with zero attached hydrogens (tertiary/aromatic N) is 3. The minimum atomic E-state index is -4.43. The molecule has 19 nitrogen and oxygen atoms in total. The van der Waals surface area contributed by atoms with Gasteiger partial charge in [-0.15, -0.1) is 11.3 Å². The van der Waals surface area contributed by atoms with Crippen LogP contribution in [-0.2, 0) is 81.3 Å². The number of aliphatic imine (C=N–C) groups is 1. The van der Waals surface area contributed by atoms with Crippen LogP contribution in [0.25, 0.3) is 6.08 Å². The maximum atomic E-state index is 13.8. The minimum absolute atomic E-state index is 0.0109. The lowest BCUT2D eigenvalue weighted by Crippen LogP contribution is -2.35. The highest BCUT2D eigenvalue weighted by Crippen LogP contribution is 2.36. The SMILES string of the molecule is CN(C)Cc1ccc(CN(CCC(F)(F)F)C(=O)C2=Cc3sc(CCCCCNC(=O)CCOCCOCCOCCOCCOCCOCCOCCOCCOCCOCCC(=O)Oc4c(F)c(F)cc(F)c4F)cc3N=C(N)C2)cc1. The predicted octanol–water partition coefficient (Wildman–Crippen LogP) is 7.50. The van der Waals surface area contributed by atoms with Crippen LogP contribution in [0, 0.1) is 23.3 Å². The van der Waals surface area contributed by atoms with Crippen molar-refractivity contribution in [2.45, 2.75) is 70.6 Å². The van der Waals surface area contributed by atoms with E-state index in [1.807, 2.05) is 49.3 Å². The second kappa shape index (κ2) is 41.8. The third-order valence-electron chi connectivity index (χ3n) is 11.8. The summed E-state index contributed by atoms with van der Waals surface area (Å²) in [6, 6.07) is 9.45. The summed E-state index contributed by atoms with van der Waals surface area (Å²) in [5.74, 6) is -9.94. The number of halogens is 7. The molecule has 0 bridgehead atoms. The zero-order valence-electron chi connectivity index (χ0n) is 47.9. The number of nitrogens with two attached hydrogens (primary N) is 1. The molecule has 0 radical (unpaired) electrons. The number of amides is 2. The largest absolute Gasteiger partial charge is 0.420 e. The van der Waals surface area contributed by atoms with E-state index < -0.39 is 66.5 Å². The maximum absolute atomic E-state index is 13.8. The van der Waals surface area contributed by atoms with E-state index in [0.717, 1.165) is 46.6 Å². The first-order valence-corrected chi connectivity index (χ1v) is 28.6. The molecular formula is C57H80F7N5O14S. The number of nitrogens with one attached hydrogen (secondary N) is 1. The van der Waals surface area contributed by atoms with E-state index in [4.69, 9.17) is 53.1 Å². The van der Waals surface area contributed by atoms with Crippen LogP contribution in [0.15, 0.2) is 47.0 Å². The lowest BCUT2D eigenvalue weighted by atomic mass is 10.1. The van der Waals surface area contributed by atoms with Crippen LogP contribution in [0.4, 0.5) is 36.4 Å². The van der Waals surface area contributed by atoms with Crippen molar-refractivity contribution in [3.8, 4) is 5.75 Å². The number of aryl methyl sites for hydroxylation is 1. The number of amidine groups is 1. The van der Waals surface area contributed by atoms with E-state index in [1.54, 1.807) is 6.08 Å². The predicted molar refractivity (Wildman–Crippen MR) is 298 cm³/mol. The second-order valence-corrected chi connectivity index (χ2v) is 20.3. The van der Waals surface area contributed by atoms with Crippen molar-refractivity contribution in [2.75, 3.05) is 159 Å². The van der Waals surface area contributed by atoms with Crippen molar-refractivity contribution in [1.82, 2.24) is 15.1 Å². The Kier molecular flexibility index (Phi) is 35.5. The Balaban J connectivity index is 0.868. The highest BCUT2D eigenvalue weighted by Gasteiger charge is 2.31. The van der Waals surface area contributed by atoms with Crippen LogP contribution in [0.1, 0.15) is 65.8 Å². The number of carbonyl (C=O) groups excluding carboxylic acids is 3. The second-order valence-electron chi connectivity index (χ2n) is 19.1. The summed E-state index contributed by atoms with van der Waals surface area (Å²) in [6.07, 6.45) is -0.723. The number of hydrogen-bond donors (Lipinski definition) is 2. The first kappa shape index (κ1) is 71.3. The molecule has 0 unspecified atom stereocenters. The number of alkyl halides is 3. The first-order chi connectivity index (χ1) is 40.5. The van der Waals surface area contributed by atoms with Crippen LogP contribution in [0.2, 0.25) is 0 Å². The molecule has 84 heavy (non-hydrogen) atoms. The van der Waals surface area contributed by atoms with Gasteiger partial charge in [0.05, 0.1) is 156 Å². The molecule has 2 aromatic carbocycles. The third kappa shape index (κ3) is 31.3. The Labute approximate surface area is 490 Å². The van der Waals surface area contributed by atoms with Crippen molar-refractivity contribution >= 4 is 46.7 Å². The highest BCUT2D eigenvalue weighted by molar-refractivity contribution is 7.13. The van der Waals surface area contributed by atoms with Gasteiger partial charge in [-0.05, 0) is 56.6 Å². The van der Waals surface area contributed by atoms with E-state index in [2.05, 4.69) is 15.0 Å². The summed E-state index contributed by atoms with van der Waals surface area (Å²) in [4.78, 5) is 47.4. The monoisotopic (exact) mass is 1220 g/mol. The molecule has 3 N–H and O–H groups in total. The number of ether oxygens (including phenoxy) is 11. The average Bonchev–Trinajstić information content (AvgIpc) is 3.81. The highest BCUT2D eigenvalue weighted by atomic mass is 32.1. The van der Waals surface area contributed by atoms with Crippen molar-refractivity contribution in [3.05, 3.63) is 86.1 Å². The number of thiophene rings is 1. The zero-order valence-corrected chi connectivity index (χ0v) is 48.7. The van der Waals surface area contributed by atoms with Crippen LogP contribution in [0.5, 0.6) is 5.75 Å². The number of benzene rings is 2. The van der Waals surface area contributed by atoms with Crippen LogP contribution < -0.4 is 15.8 Å². The van der Waals surface area contributed by atoms with Crippen molar-refractivity contribution in [2.24, 2.45) is 10.7 Å². The van der Waals surface area contributed by atoms with Gasteiger partial charge in [0.2, 0.25) is 23.3 Å². The molecule has 3 aromatic rings. The fourth-order valence-electron chi connectivity index (χ4n) is 7.67. The van der Waals surface area contributed by atoms with Crippen molar-refractivity contribution in [3.63, 3.8) is 0 Å². The fraction of sp³-hybridized carbons (Fsp3) is 0.614. The molecule has 0 atom stereocenters. The summed E-state index contributed by atoms with van der Waals surface area (Å²) in [5, 5.41) is 2.92. The summed E-state index contributed by atoms with van der Waals surface area (Å²) in [7, 11) is 3.89. The van der Waals surface area contributed by atoms with Crippen LogP contribution in [0.3, 0.4) is 0 Å². The van der Waals surface area contributed by atoms with Gasteiger partial charge in [0.15, 0.2) is 11.6 Å². The lowest BCUT2D eigenvalue weighted by molar-refractivity contribution is -0.144. The number of unbranched alkanes of at least 4 members (excludes halogenated alkanes) is 2. The molecule has 1 aliphatic heterocycles. The van der Waals surface area contributed by atoms with Crippen molar-refractivity contribution < 1.29 is 97.2 Å². The van der Waals surface area contributed by atoms with Crippen LogP contribution >= 0.6 is 11.3 Å². The fourth-order valence-corrected chi connectivity index (χ4v) is 8.78. The molecule has 0 spiro atoms. The smallest absolute Gasteiger partial charge is 0.390 e. The van der Waals surface area contributed by atoms with E-state index in [9.17, 15) is 45.1 Å². The molecule has 1 aromatic heterocycles. The van der Waals surface area contributed by atoms with Gasteiger partial charge in [0, 0.05) is 55.5 Å². The topological polar surface area (TPSA) is 210 Å². The molecule has 0 saturated heterocycles. The van der Waals surface area contributed by atoms with E-state index in [-0.39, 0.29) is 70.2 Å². The van der Waals surface area contributed by atoms with E-state index >= 15 is 0 Å². The molecule has 27 heteroatoms.